The average Bonchev–Trinajstić information content (AvgIpc) is 3.30. The number of furan rings is 1. The Balaban J connectivity index is 1.85. The highest BCUT2D eigenvalue weighted by molar-refractivity contribution is 9.10. The zero-order chi connectivity index (χ0) is 24.1. The van der Waals surface area contributed by atoms with Gasteiger partial charge in [0.25, 0.3) is 0 Å². The Labute approximate surface area is 199 Å². The lowest BCUT2D eigenvalue weighted by Crippen LogP contribution is -2.15. The van der Waals surface area contributed by atoms with E-state index in [9.17, 15) is 4.79 Å². The number of nitrogens with one attached hydrogen (secondary N) is 2. The molecule has 1 heterocycles. The summed E-state index contributed by atoms with van der Waals surface area (Å²) < 4.78 is 27.7. The van der Waals surface area contributed by atoms with Crippen LogP contribution in [-0.4, -0.2) is 38.9 Å². The fourth-order valence-electron chi connectivity index (χ4n) is 3.18. The van der Waals surface area contributed by atoms with E-state index in [0.717, 1.165) is 0 Å². The van der Waals surface area contributed by atoms with Crippen LogP contribution >= 0.6 is 15.9 Å². The van der Waals surface area contributed by atoms with Crippen molar-refractivity contribution in [2.75, 3.05) is 21.3 Å². The number of hydrogen-bond donors (Lipinski definition) is 2. The first-order valence-electron chi connectivity index (χ1n) is 9.79. The van der Waals surface area contributed by atoms with Gasteiger partial charge in [-0.2, -0.15) is 0 Å². The van der Waals surface area contributed by atoms with Crippen LogP contribution in [0.1, 0.15) is 34.7 Å². The lowest BCUT2D eigenvalue weighted by molar-refractivity contribution is 0.0577. The molecule has 8 nitrogen and oxygen atoms in total. The molecule has 0 spiro atoms. The smallest absolute Gasteiger partial charge is 0.231 e. The summed E-state index contributed by atoms with van der Waals surface area (Å²) in [6, 6.07) is 13.5. The molecule has 0 aliphatic rings. The van der Waals surface area contributed by atoms with E-state index in [0.29, 0.717) is 38.4 Å². The number of methoxy groups -OCH3 is 3. The molecular weight excluding hydrogens is 492 g/mol. The molecule has 172 valence electrons. The Bertz CT molecular complexity index is 1160. The Morgan fingerprint density at radius 3 is 2.09 bits per heavy atom. The predicted octanol–water partition coefficient (Wildman–Crippen LogP) is 5.64. The van der Waals surface area contributed by atoms with E-state index in [1.165, 1.54) is 14.0 Å². The maximum absolute atomic E-state index is 13.1. The van der Waals surface area contributed by atoms with Crippen LogP contribution in [0.3, 0.4) is 0 Å². The second kappa shape index (κ2) is 10.5. The molecule has 0 fully saturated rings. The summed E-state index contributed by atoms with van der Waals surface area (Å²) in [5.74, 6) is 1.16. The average molecular weight is 515 g/mol. The minimum atomic E-state index is -0.897. The van der Waals surface area contributed by atoms with E-state index < -0.39 is 6.10 Å². The molecule has 1 unspecified atom stereocenters. The summed E-state index contributed by atoms with van der Waals surface area (Å²) in [5.41, 5.74) is 1.76. The molecule has 0 aliphatic heterocycles. The molecular formula is C24H23BrN2O6. The van der Waals surface area contributed by atoms with Gasteiger partial charge in [-0.1, -0.05) is 12.1 Å². The maximum atomic E-state index is 13.1. The van der Waals surface area contributed by atoms with Crippen LogP contribution < -0.4 is 9.47 Å². The van der Waals surface area contributed by atoms with Gasteiger partial charge in [0.2, 0.25) is 11.7 Å². The molecule has 1 atom stereocenters. The Kier molecular flexibility index (Phi) is 7.67. The molecule has 3 aromatic rings. The van der Waals surface area contributed by atoms with E-state index in [4.69, 9.17) is 34.2 Å². The van der Waals surface area contributed by atoms with Crippen LogP contribution in [0.2, 0.25) is 0 Å². The van der Waals surface area contributed by atoms with Crippen molar-refractivity contribution in [3.8, 4) is 22.8 Å². The highest BCUT2D eigenvalue weighted by Crippen LogP contribution is 2.39. The maximum Gasteiger partial charge on any atom is 0.231 e. The van der Waals surface area contributed by atoms with Crippen molar-refractivity contribution in [2.45, 2.75) is 13.0 Å². The number of ether oxygens (including phenoxy) is 4. The zero-order valence-corrected chi connectivity index (χ0v) is 20.1. The third-order valence-corrected chi connectivity index (χ3v) is 5.57. The number of carbonyl (C=O) groups is 1. The van der Waals surface area contributed by atoms with E-state index in [1.54, 1.807) is 62.8 Å². The van der Waals surface area contributed by atoms with Crippen molar-refractivity contribution in [3.05, 3.63) is 69.9 Å². The SMILES string of the molecule is COc1cc(-c2ccc(C(=O)C(OC)c3ccc(C(=N)OC(C)=N)cc3)o2)cc(OC)c1Br. The monoisotopic (exact) mass is 514 g/mol. The van der Waals surface area contributed by atoms with Crippen molar-refractivity contribution in [1.82, 2.24) is 0 Å². The first kappa shape index (κ1) is 24.2. The third-order valence-electron chi connectivity index (χ3n) is 4.78. The van der Waals surface area contributed by atoms with Crippen molar-refractivity contribution in [2.24, 2.45) is 0 Å². The molecule has 3 rings (SSSR count). The molecule has 0 saturated heterocycles. The summed E-state index contributed by atoms with van der Waals surface area (Å²) >= 11 is 3.43. The molecule has 2 aromatic carbocycles. The molecule has 1 aromatic heterocycles. The molecule has 33 heavy (non-hydrogen) atoms. The lowest BCUT2D eigenvalue weighted by atomic mass is 10.0. The standard InChI is InChI=1S/C24H23BrN2O6/c1-13(26)32-24(27)15-7-5-14(6-8-15)23(31-4)22(28)18-10-9-17(33-18)16-11-19(29-2)21(25)20(12-16)30-3/h5-12,23,26-27H,1-4H3. The van der Waals surface area contributed by atoms with Crippen molar-refractivity contribution >= 4 is 33.5 Å². The van der Waals surface area contributed by atoms with Gasteiger partial charge in [0, 0.05) is 25.2 Å². The van der Waals surface area contributed by atoms with Gasteiger partial charge >= 0.3 is 0 Å². The highest BCUT2D eigenvalue weighted by Gasteiger charge is 2.25. The topological polar surface area (TPSA) is 115 Å². The molecule has 0 bridgehead atoms. The second-order valence-corrected chi connectivity index (χ2v) is 7.74. The predicted molar refractivity (Wildman–Crippen MR) is 127 cm³/mol. The minimum absolute atomic E-state index is 0.0799. The van der Waals surface area contributed by atoms with E-state index in [-0.39, 0.29) is 23.3 Å². The van der Waals surface area contributed by atoms with E-state index in [2.05, 4.69) is 15.9 Å². The lowest BCUT2D eigenvalue weighted by Gasteiger charge is -2.14. The van der Waals surface area contributed by atoms with Gasteiger partial charge in [-0.15, -0.1) is 0 Å². The molecule has 0 amide bonds. The van der Waals surface area contributed by atoms with Crippen LogP contribution in [0.4, 0.5) is 0 Å². The van der Waals surface area contributed by atoms with Gasteiger partial charge in [0.15, 0.2) is 11.7 Å². The number of Topliss-reactive ketones (excluding diaryl/α,β-unsaturated/α-hetero) is 1. The molecule has 0 radical (unpaired) electrons. The minimum Gasteiger partial charge on any atom is -0.495 e. The quantitative estimate of drug-likeness (QED) is 0.228. The molecule has 0 aliphatic carbocycles. The summed E-state index contributed by atoms with van der Waals surface area (Å²) in [7, 11) is 4.54. The first-order valence-corrected chi connectivity index (χ1v) is 10.6. The summed E-state index contributed by atoms with van der Waals surface area (Å²) in [6.45, 7) is 1.45. The number of hydrogen-bond acceptors (Lipinski definition) is 8. The summed E-state index contributed by atoms with van der Waals surface area (Å²) in [6.07, 6.45) is -0.897. The summed E-state index contributed by atoms with van der Waals surface area (Å²) in [5, 5.41) is 15.2. The Morgan fingerprint density at radius 2 is 1.58 bits per heavy atom. The highest BCUT2D eigenvalue weighted by atomic mass is 79.9. The van der Waals surface area contributed by atoms with E-state index >= 15 is 0 Å². The summed E-state index contributed by atoms with van der Waals surface area (Å²) in [4.78, 5) is 13.1. The Morgan fingerprint density at radius 1 is 0.970 bits per heavy atom. The fraction of sp³-hybridized carbons (Fsp3) is 0.208. The largest absolute Gasteiger partial charge is 0.495 e. The van der Waals surface area contributed by atoms with Crippen LogP contribution in [-0.2, 0) is 9.47 Å². The van der Waals surface area contributed by atoms with Crippen molar-refractivity contribution in [1.29, 1.82) is 10.8 Å². The van der Waals surface area contributed by atoms with Gasteiger partial charge in [-0.3, -0.25) is 15.6 Å². The molecule has 0 saturated carbocycles. The van der Waals surface area contributed by atoms with E-state index in [1.807, 2.05) is 0 Å². The van der Waals surface area contributed by atoms with Crippen LogP contribution in [0.5, 0.6) is 11.5 Å². The number of rotatable bonds is 8. The number of halogens is 1. The van der Waals surface area contributed by atoms with Gasteiger partial charge in [-0.25, -0.2) is 0 Å². The first-order chi connectivity index (χ1) is 15.8. The normalized spacial score (nSPS) is 11.5. The third kappa shape index (κ3) is 5.32. The molecule has 2 N–H and O–H groups in total. The van der Waals surface area contributed by atoms with Crippen LogP contribution in [0.25, 0.3) is 11.3 Å². The number of carbonyl (C=O) groups excluding carboxylic acids is 1. The molecule has 9 heteroatoms. The number of ketones is 1. The Hall–Kier alpha value is -3.43. The fourth-order valence-corrected chi connectivity index (χ4v) is 3.73. The van der Waals surface area contributed by atoms with Gasteiger partial charge in [0.05, 0.1) is 14.2 Å². The van der Waals surface area contributed by atoms with Crippen LogP contribution in [0, 0.1) is 10.8 Å². The number of benzene rings is 2. The van der Waals surface area contributed by atoms with Crippen molar-refractivity contribution < 1.29 is 28.2 Å². The van der Waals surface area contributed by atoms with Crippen molar-refractivity contribution in [3.63, 3.8) is 0 Å². The second-order valence-electron chi connectivity index (χ2n) is 6.95. The van der Waals surface area contributed by atoms with Gasteiger partial charge in [0.1, 0.15) is 27.8 Å². The van der Waals surface area contributed by atoms with Crippen LogP contribution in [0.15, 0.2) is 57.4 Å². The zero-order valence-electron chi connectivity index (χ0n) is 18.5. The van der Waals surface area contributed by atoms with Gasteiger partial charge < -0.3 is 23.4 Å². The van der Waals surface area contributed by atoms with Gasteiger partial charge in [-0.05, 0) is 57.9 Å².